The summed E-state index contributed by atoms with van der Waals surface area (Å²) in [5.74, 6) is -0.305. The maximum Gasteiger partial charge on any atom is 0.331 e. The monoisotopic (exact) mass is 288 g/mol. The van der Waals surface area contributed by atoms with Crippen molar-refractivity contribution in [3.05, 3.63) is 63.2 Å². The Labute approximate surface area is 120 Å². The normalized spacial score (nSPS) is 11.9. The Balaban J connectivity index is 2.08. The number of aromatic nitrogens is 3. The van der Waals surface area contributed by atoms with Crippen molar-refractivity contribution in [2.75, 3.05) is 0 Å². The highest BCUT2D eigenvalue weighted by atomic mass is 16.2. The summed E-state index contributed by atoms with van der Waals surface area (Å²) in [6.45, 7) is 1.71. The van der Waals surface area contributed by atoms with Gasteiger partial charge in [0.05, 0.1) is 6.04 Å². The van der Waals surface area contributed by atoms with Crippen molar-refractivity contribution < 1.29 is 4.79 Å². The molecule has 0 saturated carbocycles. The first-order chi connectivity index (χ1) is 9.99. The molecule has 7 heteroatoms. The van der Waals surface area contributed by atoms with Gasteiger partial charge >= 0.3 is 5.69 Å². The van der Waals surface area contributed by atoms with Gasteiger partial charge in [-0.2, -0.15) is 0 Å². The summed E-state index contributed by atoms with van der Waals surface area (Å²) in [7, 11) is 1.37. The molecule has 2 aromatic heterocycles. The third-order valence-corrected chi connectivity index (χ3v) is 3.16. The van der Waals surface area contributed by atoms with E-state index in [1.807, 2.05) is 19.1 Å². The van der Waals surface area contributed by atoms with Crippen LogP contribution in [0.15, 0.2) is 46.4 Å². The number of hydrogen-bond acceptors (Lipinski definition) is 4. The molecule has 0 fully saturated rings. The average Bonchev–Trinajstić information content (AvgIpc) is 2.49. The summed E-state index contributed by atoms with van der Waals surface area (Å²) in [6, 6.07) is 4.68. The highest BCUT2D eigenvalue weighted by molar-refractivity contribution is 5.76. The maximum atomic E-state index is 12.0. The number of nitrogens with one attached hydrogen (secondary N) is 1. The highest BCUT2D eigenvalue weighted by Gasteiger charge is 2.11. The summed E-state index contributed by atoms with van der Waals surface area (Å²) in [6.07, 6.45) is 4.62. The zero-order valence-corrected chi connectivity index (χ0v) is 11.8. The van der Waals surface area contributed by atoms with E-state index in [0.717, 1.165) is 10.1 Å². The molecule has 0 aromatic carbocycles. The van der Waals surface area contributed by atoms with Gasteiger partial charge in [-0.1, -0.05) is 0 Å². The lowest BCUT2D eigenvalue weighted by molar-refractivity contribution is -0.122. The lowest BCUT2D eigenvalue weighted by atomic mass is 10.1. The van der Waals surface area contributed by atoms with Gasteiger partial charge in [-0.3, -0.25) is 23.7 Å². The fourth-order valence-corrected chi connectivity index (χ4v) is 1.91. The minimum absolute atomic E-state index is 0.137. The van der Waals surface area contributed by atoms with Crippen molar-refractivity contribution in [3.63, 3.8) is 0 Å². The van der Waals surface area contributed by atoms with Gasteiger partial charge in [-0.15, -0.1) is 0 Å². The van der Waals surface area contributed by atoms with E-state index in [1.165, 1.54) is 23.9 Å². The first-order valence-electron chi connectivity index (χ1n) is 6.45. The van der Waals surface area contributed by atoms with Gasteiger partial charge in [0.1, 0.15) is 6.54 Å². The zero-order valence-electron chi connectivity index (χ0n) is 11.8. The molecular formula is C14H16N4O3. The molecule has 1 N–H and O–H groups in total. The zero-order chi connectivity index (χ0) is 15.4. The van der Waals surface area contributed by atoms with E-state index in [9.17, 15) is 14.4 Å². The average molecular weight is 288 g/mol. The second-order valence-corrected chi connectivity index (χ2v) is 4.69. The summed E-state index contributed by atoms with van der Waals surface area (Å²) in [5, 5.41) is 2.79. The van der Waals surface area contributed by atoms with Crippen molar-refractivity contribution in [1.29, 1.82) is 0 Å². The third-order valence-electron chi connectivity index (χ3n) is 3.16. The van der Waals surface area contributed by atoms with E-state index in [2.05, 4.69) is 10.3 Å². The van der Waals surface area contributed by atoms with Gasteiger partial charge in [0, 0.05) is 31.7 Å². The van der Waals surface area contributed by atoms with Gasteiger partial charge in [0.15, 0.2) is 0 Å². The number of pyridine rings is 1. The Morgan fingerprint density at radius 2 is 1.95 bits per heavy atom. The molecule has 1 atom stereocenters. The van der Waals surface area contributed by atoms with E-state index in [-0.39, 0.29) is 18.5 Å². The van der Waals surface area contributed by atoms with Gasteiger partial charge < -0.3 is 5.32 Å². The summed E-state index contributed by atoms with van der Waals surface area (Å²) in [5.41, 5.74) is 0.00202. The fourth-order valence-electron chi connectivity index (χ4n) is 1.91. The van der Waals surface area contributed by atoms with Gasteiger partial charge in [0.2, 0.25) is 5.91 Å². The van der Waals surface area contributed by atoms with Crippen LogP contribution in [-0.4, -0.2) is 20.0 Å². The smallest absolute Gasteiger partial charge is 0.331 e. The number of hydrogen-bond donors (Lipinski definition) is 1. The first kappa shape index (κ1) is 14.7. The predicted molar refractivity (Wildman–Crippen MR) is 76.7 cm³/mol. The SMILES string of the molecule is C[C@@H](NC(=O)Cn1ccc(=O)n(C)c1=O)c1ccncc1. The van der Waals surface area contributed by atoms with E-state index in [4.69, 9.17) is 0 Å². The Morgan fingerprint density at radius 1 is 1.29 bits per heavy atom. The van der Waals surface area contributed by atoms with Gasteiger partial charge in [-0.25, -0.2) is 4.79 Å². The maximum absolute atomic E-state index is 12.0. The summed E-state index contributed by atoms with van der Waals surface area (Å²) >= 11 is 0. The Kier molecular flexibility index (Phi) is 4.32. The quantitative estimate of drug-likeness (QED) is 0.845. The molecule has 0 spiro atoms. The second kappa shape index (κ2) is 6.17. The number of rotatable bonds is 4. The second-order valence-electron chi connectivity index (χ2n) is 4.69. The molecule has 0 bridgehead atoms. The van der Waals surface area contributed by atoms with Crippen LogP contribution < -0.4 is 16.6 Å². The number of carbonyl (C=O) groups excluding carboxylic acids is 1. The molecule has 0 saturated heterocycles. The largest absolute Gasteiger partial charge is 0.348 e. The molecule has 0 radical (unpaired) electrons. The molecule has 1 amide bonds. The molecule has 2 aromatic rings. The van der Waals surface area contributed by atoms with Crippen molar-refractivity contribution >= 4 is 5.91 Å². The first-order valence-corrected chi connectivity index (χ1v) is 6.45. The Morgan fingerprint density at radius 3 is 2.62 bits per heavy atom. The lowest BCUT2D eigenvalue weighted by Gasteiger charge is -2.14. The van der Waals surface area contributed by atoms with E-state index in [1.54, 1.807) is 12.4 Å². The van der Waals surface area contributed by atoms with Crippen molar-refractivity contribution in [2.45, 2.75) is 19.5 Å². The molecule has 2 heterocycles. The van der Waals surface area contributed by atoms with Crippen LogP contribution in [0.4, 0.5) is 0 Å². The number of amides is 1. The number of nitrogens with zero attached hydrogens (tertiary/aromatic N) is 3. The standard InChI is InChI=1S/C14H16N4O3/c1-10(11-3-6-15-7-4-11)16-12(19)9-18-8-5-13(20)17(2)14(18)21/h3-8,10H,9H2,1-2H3,(H,16,19)/t10-/m1/s1. The van der Waals surface area contributed by atoms with Gasteiger partial charge in [0.25, 0.3) is 5.56 Å². The molecular weight excluding hydrogens is 272 g/mol. The minimum Gasteiger partial charge on any atom is -0.348 e. The fraction of sp³-hybridized carbons (Fsp3) is 0.286. The van der Waals surface area contributed by atoms with E-state index >= 15 is 0 Å². The molecule has 0 aliphatic rings. The molecule has 0 aliphatic carbocycles. The molecule has 0 aliphatic heterocycles. The summed E-state index contributed by atoms with van der Waals surface area (Å²) < 4.78 is 2.15. The van der Waals surface area contributed by atoms with Crippen LogP contribution in [-0.2, 0) is 18.4 Å². The van der Waals surface area contributed by atoms with Crippen LogP contribution in [0.2, 0.25) is 0 Å². The van der Waals surface area contributed by atoms with E-state index < -0.39 is 11.2 Å². The highest BCUT2D eigenvalue weighted by Crippen LogP contribution is 2.09. The third kappa shape index (κ3) is 3.44. The molecule has 0 unspecified atom stereocenters. The Hall–Kier alpha value is -2.70. The van der Waals surface area contributed by atoms with Crippen LogP contribution in [0.5, 0.6) is 0 Å². The van der Waals surface area contributed by atoms with Crippen LogP contribution in [0.25, 0.3) is 0 Å². The lowest BCUT2D eigenvalue weighted by Crippen LogP contribution is -2.40. The van der Waals surface area contributed by atoms with Crippen molar-refractivity contribution in [3.8, 4) is 0 Å². The molecule has 21 heavy (non-hydrogen) atoms. The van der Waals surface area contributed by atoms with Crippen LogP contribution >= 0.6 is 0 Å². The molecule has 2 rings (SSSR count). The Bertz CT molecular complexity index is 749. The van der Waals surface area contributed by atoms with Crippen molar-refractivity contribution in [2.24, 2.45) is 7.05 Å². The summed E-state index contributed by atoms with van der Waals surface area (Å²) in [4.78, 5) is 39.0. The predicted octanol–water partition coefficient (Wildman–Crippen LogP) is -0.181. The van der Waals surface area contributed by atoms with Crippen LogP contribution in [0.1, 0.15) is 18.5 Å². The van der Waals surface area contributed by atoms with Crippen molar-refractivity contribution in [1.82, 2.24) is 19.4 Å². The van der Waals surface area contributed by atoms with Crippen LogP contribution in [0, 0.1) is 0 Å². The van der Waals surface area contributed by atoms with Crippen LogP contribution in [0.3, 0.4) is 0 Å². The molecule has 110 valence electrons. The minimum atomic E-state index is -0.519. The van der Waals surface area contributed by atoms with E-state index in [0.29, 0.717) is 0 Å². The number of carbonyl (C=O) groups is 1. The molecule has 7 nitrogen and oxygen atoms in total. The topological polar surface area (TPSA) is 86.0 Å². The van der Waals surface area contributed by atoms with Gasteiger partial charge in [-0.05, 0) is 24.6 Å².